The Labute approximate surface area is 124 Å². The largest absolute Gasteiger partial charge is 0.449 e. The van der Waals surface area contributed by atoms with Crippen LogP contribution in [0.4, 0.5) is 0 Å². The van der Waals surface area contributed by atoms with Crippen LogP contribution in [-0.2, 0) is 19.1 Å². The summed E-state index contributed by atoms with van der Waals surface area (Å²) in [5.74, 6) is -1.20. The molecule has 0 aromatic rings. The van der Waals surface area contributed by atoms with E-state index < -0.39 is 12.0 Å². The fourth-order valence-corrected chi connectivity index (χ4v) is 1.44. The molecule has 0 saturated heterocycles. The molecule has 116 valence electrons. The highest BCUT2D eigenvalue weighted by Gasteiger charge is 2.23. The molecule has 7 heteroatoms. The number of hydrogen-bond acceptors (Lipinski definition) is 5. The van der Waals surface area contributed by atoms with Gasteiger partial charge >= 0.3 is 5.97 Å². The minimum absolute atomic E-state index is 0.0983. The van der Waals surface area contributed by atoms with Gasteiger partial charge in [0.05, 0.1) is 0 Å². The normalized spacial score (nSPS) is 10.9. The molecule has 1 atom stereocenters. The van der Waals surface area contributed by atoms with Gasteiger partial charge in [0.2, 0.25) is 11.8 Å². The Kier molecular flexibility index (Phi) is 9.26. The molecule has 0 heterocycles. The van der Waals surface area contributed by atoms with Gasteiger partial charge in [-0.1, -0.05) is 6.08 Å². The van der Waals surface area contributed by atoms with Gasteiger partial charge in [-0.3, -0.25) is 9.59 Å². The van der Waals surface area contributed by atoms with Crippen molar-refractivity contribution in [1.29, 1.82) is 5.26 Å². The number of esters is 1. The fraction of sp³-hybridized carbons (Fsp3) is 0.571. The van der Waals surface area contributed by atoms with Gasteiger partial charge < -0.3 is 15.0 Å². The van der Waals surface area contributed by atoms with Gasteiger partial charge in [0.25, 0.3) is 0 Å². The topological polar surface area (TPSA) is 99.5 Å². The third-order valence-corrected chi connectivity index (χ3v) is 2.62. The zero-order valence-corrected chi connectivity index (χ0v) is 12.4. The number of allylic oxidation sites excluding steroid dienone is 1. The molecule has 0 unspecified atom stereocenters. The first-order valence-corrected chi connectivity index (χ1v) is 6.56. The molecule has 0 rings (SSSR count). The summed E-state index contributed by atoms with van der Waals surface area (Å²) in [6.45, 7) is 3.12. The molecule has 0 bridgehead atoms. The van der Waals surface area contributed by atoms with Crippen LogP contribution in [0.15, 0.2) is 12.7 Å². The molecule has 0 radical (unpaired) electrons. The molecule has 0 aromatic carbocycles. The zero-order valence-electron chi connectivity index (χ0n) is 12.4. The number of nitrogens with zero attached hydrogens (tertiary/aromatic N) is 2. The standard InChI is InChI=1S/C14H21N3O4/c1-4-5-6-12(18)16-11(14(20)21-10-9-15)7-8-13(19)17(2)3/h4,11H,1,5-8,10H2,2-3H3,(H,16,18)/t11-/m0/s1. The van der Waals surface area contributed by atoms with E-state index in [1.807, 2.05) is 0 Å². The van der Waals surface area contributed by atoms with Crippen molar-refractivity contribution < 1.29 is 19.1 Å². The Balaban J connectivity index is 4.57. The monoisotopic (exact) mass is 295 g/mol. The van der Waals surface area contributed by atoms with Crippen LogP contribution in [0.5, 0.6) is 0 Å². The van der Waals surface area contributed by atoms with Gasteiger partial charge in [0.1, 0.15) is 12.1 Å². The molecule has 0 saturated carbocycles. The SMILES string of the molecule is C=CCCC(=O)N[C@@H](CCC(=O)N(C)C)C(=O)OCC#N. The third kappa shape index (κ3) is 8.42. The molecule has 7 nitrogen and oxygen atoms in total. The van der Waals surface area contributed by atoms with E-state index in [0.29, 0.717) is 6.42 Å². The number of amides is 2. The molecule has 0 aliphatic heterocycles. The Bertz CT molecular complexity index is 426. The lowest BCUT2D eigenvalue weighted by molar-refractivity contribution is -0.147. The van der Waals surface area contributed by atoms with Gasteiger partial charge in [-0.2, -0.15) is 5.26 Å². The highest BCUT2D eigenvalue weighted by molar-refractivity contribution is 5.85. The molecular weight excluding hydrogens is 274 g/mol. The van der Waals surface area contributed by atoms with Crippen molar-refractivity contribution >= 4 is 17.8 Å². The van der Waals surface area contributed by atoms with E-state index in [0.717, 1.165) is 0 Å². The summed E-state index contributed by atoms with van der Waals surface area (Å²) in [6, 6.07) is 0.749. The summed E-state index contributed by atoms with van der Waals surface area (Å²) in [5.41, 5.74) is 0. The highest BCUT2D eigenvalue weighted by atomic mass is 16.5. The summed E-state index contributed by atoms with van der Waals surface area (Å²) >= 11 is 0. The lowest BCUT2D eigenvalue weighted by Gasteiger charge is -2.17. The quantitative estimate of drug-likeness (QED) is 0.489. The maximum absolute atomic E-state index is 11.8. The van der Waals surface area contributed by atoms with Crippen molar-refractivity contribution in [2.75, 3.05) is 20.7 Å². The van der Waals surface area contributed by atoms with E-state index in [4.69, 9.17) is 10.00 Å². The van der Waals surface area contributed by atoms with Crippen molar-refractivity contribution in [3.05, 3.63) is 12.7 Å². The smallest absolute Gasteiger partial charge is 0.329 e. The van der Waals surface area contributed by atoms with Crippen LogP contribution in [-0.4, -0.2) is 49.4 Å². The fourth-order valence-electron chi connectivity index (χ4n) is 1.44. The lowest BCUT2D eigenvalue weighted by atomic mass is 10.1. The van der Waals surface area contributed by atoms with Gasteiger partial charge in [0.15, 0.2) is 6.61 Å². The van der Waals surface area contributed by atoms with E-state index in [1.165, 1.54) is 4.90 Å². The van der Waals surface area contributed by atoms with Crippen LogP contribution in [0, 0.1) is 11.3 Å². The summed E-state index contributed by atoms with van der Waals surface area (Å²) in [4.78, 5) is 36.3. The Morgan fingerprint density at radius 1 is 1.38 bits per heavy atom. The van der Waals surface area contributed by atoms with Gasteiger partial charge in [-0.25, -0.2) is 4.79 Å². The average molecular weight is 295 g/mol. The van der Waals surface area contributed by atoms with Crippen LogP contribution in [0.2, 0.25) is 0 Å². The number of rotatable bonds is 9. The van der Waals surface area contributed by atoms with Crippen LogP contribution >= 0.6 is 0 Å². The van der Waals surface area contributed by atoms with Crippen LogP contribution < -0.4 is 5.32 Å². The maximum Gasteiger partial charge on any atom is 0.329 e. The molecule has 0 aliphatic rings. The highest BCUT2D eigenvalue weighted by Crippen LogP contribution is 2.04. The molecule has 0 aliphatic carbocycles. The minimum atomic E-state index is -0.931. The lowest BCUT2D eigenvalue weighted by Crippen LogP contribution is -2.42. The number of carbonyl (C=O) groups is 3. The number of nitriles is 1. The molecule has 0 spiro atoms. The van der Waals surface area contributed by atoms with E-state index >= 15 is 0 Å². The van der Waals surface area contributed by atoms with Gasteiger partial charge in [-0.15, -0.1) is 6.58 Å². The van der Waals surface area contributed by atoms with Gasteiger partial charge in [0, 0.05) is 26.9 Å². The molecule has 21 heavy (non-hydrogen) atoms. The average Bonchev–Trinajstić information content (AvgIpc) is 2.46. The molecule has 0 fully saturated rings. The Morgan fingerprint density at radius 2 is 2.05 bits per heavy atom. The summed E-state index contributed by atoms with van der Waals surface area (Å²) in [6.07, 6.45) is 2.51. The van der Waals surface area contributed by atoms with E-state index in [2.05, 4.69) is 11.9 Å². The van der Waals surface area contributed by atoms with Crippen LogP contribution in [0.1, 0.15) is 25.7 Å². The number of nitrogens with one attached hydrogen (secondary N) is 1. The molecule has 0 aromatic heterocycles. The van der Waals surface area contributed by atoms with Crippen molar-refractivity contribution in [3.63, 3.8) is 0 Å². The van der Waals surface area contributed by atoms with E-state index in [9.17, 15) is 14.4 Å². The summed E-state index contributed by atoms with van der Waals surface area (Å²) < 4.78 is 4.69. The number of ether oxygens (including phenoxy) is 1. The summed E-state index contributed by atoms with van der Waals surface area (Å²) in [5, 5.41) is 10.9. The first-order valence-electron chi connectivity index (χ1n) is 6.56. The predicted octanol–water partition coefficient (Wildman–Crippen LogP) is 0.373. The first kappa shape index (κ1) is 18.6. The summed E-state index contributed by atoms with van der Waals surface area (Å²) in [7, 11) is 3.21. The Hall–Kier alpha value is -2.36. The van der Waals surface area contributed by atoms with Crippen molar-refractivity contribution in [2.45, 2.75) is 31.7 Å². The first-order chi connectivity index (χ1) is 9.92. The van der Waals surface area contributed by atoms with Crippen molar-refractivity contribution in [3.8, 4) is 6.07 Å². The molecular formula is C14H21N3O4. The van der Waals surface area contributed by atoms with E-state index in [1.54, 1.807) is 26.2 Å². The molecule has 1 N–H and O–H groups in total. The maximum atomic E-state index is 11.8. The predicted molar refractivity (Wildman–Crippen MR) is 75.9 cm³/mol. The van der Waals surface area contributed by atoms with Crippen molar-refractivity contribution in [2.24, 2.45) is 0 Å². The van der Waals surface area contributed by atoms with Crippen LogP contribution in [0.25, 0.3) is 0 Å². The second-order valence-corrected chi connectivity index (χ2v) is 4.54. The minimum Gasteiger partial charge on any atom is -0.449 e. The zero-order chi connectivity index (χ0) is 16.3. The number of carbonyl (C=O) groups excluding carboxylic acids is 3. The van der Waals surface area contributed by atoms with Gasteiger partial charge in [-0.05, 0) is 12.8 Å². The van der Waals surface area contributed by atoms with E-state index in [-0.39, 0.29) is 37.7 Å². The number of hydrogen-bond donors (Lipinski definition) is 1. The Morgan fingerprint density at radius 3 is 2.57 bits per heavy atom. The third-order valence-electron chi connectivity index (χ3n) is 2.62. The van der Waals surface area contributed by atoms with Crippen molar-refractivity contribution in [1.82, 2.24) is 10.2 Å². The second kappa shape index (κ2) is 10.4. The second-order valence-electron chi connectivity index (χ2n) is 4.54. The molecule has 2 amide bonds. The van der Waals surface area contributed by atoms with Crippen LogP contribution in [0.3, 0.4) is 0 Å².